The summed E-state index contributed by atoms with van der Waals surface area (Å²) in [4.78, 5) is 15.4. The lowest BCUT2D eigenvalue weighted by Crippen LogP contribution is -2.41. The molecular formula is C20H27N3O2S. The van der Waals surface area contributed by atoms with Crippen molar-refractivity contribution in [2.45, 2.75) is 10.9 Å². The zero-order chi connectivity index (χ0) is 18.8. The lowest BCUT2D eigenvalue weighted by atomic mass is 10.0. The van der Waals surface area contributed by atoms with E-state index in [1.165, 1.54) is 4.90 Å². The third-order valence-electron chi connectivity index (χ3n) is 3.98. The van der Waals surface area contributed by atoms with Crippen LogP contribution in [0.15, 0.2) is 59.5 Å². The normalized spacial score (nSPS) is 11.8. The van der Waals surface area contributed by atoms with Crippen molar-refractivity contribution in [1.29, 1.82) is 0 Å². The van der Waals surface area contributed by atoms with E-state index >= 15 is 0 Å². The summed E-state index contributed by atoms with van der Waals surface area (Å²) in [7, 11) is 5.65. The number of nitrogens with one attached hydrogen (secondary N) is 2. The maximum absolute atomic E-state index is 12.1. The molecular weight excluding hydrogens is 346 g/mol. The molecule has 0 aliphatic carbocycles. The Balaban J connectivity index is 1.78. The van der Waals surface area contributed by atoms with Crippen LogP contribution < -0.4 is 15.4 Å². The van der Waals surface area contributed by atoms with Gasteiger partial charge in [0.05, 0.1) is 13.2 Å². The summed E-state index contributed by atoms with van der Waals surface area (Å²) >= 11 is 1.73. The summed E-state index contributed by atoms with van der Waals surface area (Å²) in [6.07, 6.45) is 0. The summed E-state index contributed by atoms with van der Waals surface area (Å²) in [6, 6.07) is 17.9. The maximum atomic E-state index is 12.1. The number of hydrogen-bond acceptors (Lipinski definition) is 4. The van der Waals surface area contributed by atoms with Crippen LogP contribution in [0.25, 0.3) is 0 Å². The Hall–Kier alpha value is -2.18. The SMILES string of the molecule is COc1ccccc1C(CNC(=O)NCCSc1ccccc1)N(C)C. The molecule has 0 saturated carbocycles. The first-order valence-electron chi connectivity index (χ1n) is 8.60. The lowest BCUT2D eigenvalue weighted by molar-refractivity contribution is 0.232. The van der Waals surface area contributed by atoms with E-state index in [-0.39, 0.29) is 12.1 Å². The first-order chi connectivity index (χ1) is 12.6. The van der Waals surface area contributed by atoms with E-state index in [1.807, 2.05) is 56.6 Å². The number of benzene rings is 2. The number of hydrogen-bond donors (Lipinski definition) is 2. The van der Waals surface area contributed by atoms with Gasteiger partial charge in [0.1, 0.15) is 5.75 Å². The predicted molar refractivity (Wildman–Crippen MR) is 108 cm³/mol. The van der Waals surface area contributed by atoms with Crippen LogP contribution in [0, 0.1) is 0 Å². The molecule has 0 spiro atoms. The summed E-state index contributed by atoms with van der Waals surface area (Å²) in [5, 5.41) is 5.86. The molecule has 0 aromatic heterocycles. The number of rotatable bonds is 9. The van der Waals surface area contributed by atoms with Gasteiger partial charge >= 0.3 is 6.03 Å². The van der Waals surface area contributed by atoms with Crippen molar-refractivity contribution in [2.24, 2.45) is 0 Å². The molecule has 2 aromatic rings. The van der Waals surface area contributed by atoms with Crippen LogP contribution in [-0.2, 0) is 0 Å². The highest BCUT2D eigenvalue weighted by atomic mass is 32.2. The highest BCUT2D eigenvalue weighted by molar-refractivity contribution is 7.99. The van der Waals surface area contributed by atoms with E-state index in [1.54, 1.807) is 18.9 Å². The van der Waals surface area contributed by atoms with Crippen LogP contribution in [0.1, 0.15) is 11.6 Å². The molecule has 1 atom stereocenters. The average Bonchev–Trinajstić information content (AvgIpc) is 2.66. The number of para-hydroxylation sites is 1. The molecule has 0 bridgehead atoms. The maximum Gasteiger partial charge on any atom is 0.314 e. The van der Waals surface area contributed by atoms with E-state index in [2.05, 4.69) is 27.7 Å². The molecule has 6 heteroatoms. The Morgan fingerprint density at radius 3 is 2.46 bits per heavy atom. The van der Waals surface area contributed by atoms with Crippen LogP contribution in [0.5, 0.6) is 5.75 Å². The predicted octanol–water partition coefficient (Wildman–Crippen LogP) is 3.39. The quantitative estimate of drug-likeness (QED) is 0.523. The van der Waals surface area contributed by atoms with Gasteiger partial charge in [-0.05, 0) is 32.3 Å². The summed E-state index contributed by atoms with van der Waals surface area (Å²) in [5.74, 6) is 1.66. The third kappa shape index (κ3) is 6.28. The highest BCUT2D eigenvalue weighted by Gasteiger charge is 2.18. The second-order valence-corrected chi connectivity index (χ2v) is 7.19. The topological polar surface area (TPSA) is 53.6 Å². The van der Waals surface area contributed by atoms with Gasteiger partial charge in [-0.25, -0.2) is 4.79 Å². The number of carbonyl (C=O) groups is 1. The summed E-state index contributed by atoms with van der Waals surface area (Å²) in [5.41, 5.74) is 1.06. The Morgan fingerprint density at radius 1 is 1.08 bits per heavy atom. The minimum absolute atomic E-state index is 0.0376. The van der Waals surface area contributed by atoms with Gasteiger partial charge in [-0.3, -0.25) is 0 Å². The molecule has 1 unspecified atom stereocenters. The molecule has 0 fully saturated rings. The zero-order valence-corrected chi connectivity index (χ0v) is 16.4. The average molecular weight is 374 g/mol. The highest BCUT2D eigenvalue weighted by Crippen LogP contribution is 2.27. The smallest absolute Gasteiger partial charge is 0.314 e. The first kappa shape index (κ1) is 20.1. The van der Waals surface area contributed by atoms with Crippen LogP contribution >= 0.6 is 11.8 Å². The zero-order valence-electron chi connectivity index (χ0n) is 15.6. The van der Waals surface area contributed by atoms with Crippen molar-refractivity contribution in [1.82, 2.24) is 15.5 Å². The molecule has 26 heavy (non-hydrogen) atoms. The largest absolute Gasteiger partial charge is 0.496 e. The first-order valence-corrected chi connectivity index (χ1v) is 9.59. The summed E-state index contributed by atoms with van der Waals surface area (Å²) in [6.45, 7) is 1.12. The third-order valence-corrected chi connectivity index (χ3v) is 4.99. The Bertz CT molecular complexity index is 680. The van der Waals surface area contributed by atoms with Gasteiger partial charge in [-0.1, -0.05) is 36.4 Å². The number of carbonyl (C=O) groups excluding carboxylic acids is 1. The van der Waals surface area contributed by atoms with E-state index < -0.39 is 0 Å². The number of nitrogens with zero attached hydrogens (tertiary/aromatic N) is 1. The standard InChI is InChI=1S/C20H27N3O2S/c1-23(2)18(17-11-7-8-12-19(17)25-3)15-22-20(24)21-13-14-26-16-9-5-4-6-10-16/h4-12,18H,13-15H2,1-3H3,(H2,21,22,24). The second-order valence-electron chi connectivity index (χ2n) is 6.02. The molecule has 0 aliphatic heterocycles. The Morgan fingerprint density at radius 2 is 1.77 bits per heavy atom. The van der Waals surface area contributed by atoms with Crippen molar-refractivity contribution in [3.8, 4) is 5.75 Å². The fourth-order valence-corrected chi connectivity index (χ4v) is 3.40. The Kier molecular flexibility index (Phi) is 8.31. The fourth-order valence-electron chi connectivity index (χ4n) is 2.61. The molecule has 2 N–H and O–H groups in total. The Labute approximate surface area is 160 Å². The number of urea groups is 1. The number of likely N-dealkylation sites (N-methyl/N-ethyl adjacent to an activating group) is 1. The van der Waals surface area contributed by atoms with Gasteiger partial charge in [0, 0.05) is 29.3 Å². The van der Waals surface area contributed by atoms with Crippen molar-refractivity contribution < 1.29 is 9.53 Å². The monoisotopic (exact) mass is 373 g/mol. The molecule has 2 aromatic carbocycles. The van der Waals surface area contributed by atoms with Gasteiger partial charge in [-0.2, -0.15) is 0 Å². The summed E-state index contributed by atoms with van der Waals surface area (Å²) < 4.78 is 5.45. The minimum atomic E-state index is -0.152. The van der Waals surface area contributed by atoms with Crippen molar-refractivity contribution in [3.63, 3.8) is 0 Å². The van der Waals surface area contributed by atoms with Gasteiger partial charge in [0.2, 0.25) is 0 Å². The molecule has 0 radical (unpaired) electrons. The van der Waals surface area contributed by atoms with E-state index in [9.17, 15) is 4.79 Å². The van der Waals surface area contributed by atoms with Gasteiger partial charge in [0.15, 0.2) is 0 Å². The number of amides is 2. The number of thioether (sulfide) groups is 1. The molecule has 5 nitrogen and oxygen atoms in total. The molecule has 0 aliphatic rings. The fraction of sp³-hybridized carbons (Fsp3) is 0.350. The van der Waals surface area contributed by atoms with E-state index in [4.69, 9.17) is 4.74 Å². The number of methoxy groups -OCH3 is 1. The van der Waals surface area contributed by atoms with Crippen molar-refractivity contribution in [3.05, 3.63) is 60.2 Å². The van der Waals surface area contributed by atoms with E-state index in [0.29, 0.717) is 13.1 Å². The second kappa shape index (κ2) is 10.7. The molecule has 0 heterocycles. The van der Waals surface area contributed by atoms with Gasteiger partial charge in [-0.15, -0.1) is 11.8 Å². The van der Waals surface area contributed by atoms with Crippen molar-refractivity contribution >= 4 is 17.8 Å². The van der Waals surface area contributed by atoms with Crippen LogP contribution in [0.4, 0.5) is 4.79 Å². The minimum Gasteiger partial charge on any atom is -0.496 e. The van der Waals surface area contributed by atoms with Crippen molar-refractivity contribution in [2.75, 3.05) is 40.0 Å². The molecule has 0 saturated heterocycles. The van der Waals surface area contributed by atoms with Crippen LogP contribution in [0.3, 0.4) is 0 Å². The van der Waals surface area contributed by atoms with Gasteiger partial charge < -0.3 is 20.3 Å². The van der Waals surface area contributed by atoms with Gasteiger partial charge in [0.25, 0.3) is 0 Å². The lowest BCUT2D eigenvalue weighted by Gasteiger charge is -2.26. The van der Waals surface area contributed by atoms with Crippen LogP contribution in [-0.4, -0.2) is 51.0 Å². The molecule has 2 rings (SSSR count). The molecule has 140 valence electrons. The number of ether oxygens (including phenoxy) is 1. The van der Waals surface area contributed by atoms with Crippen LogP contribution in [0.2, 0.25) is 0 Å². The molecule has 2 amide bonds. The van der Waals surface area contributed by atoms with E-state index in [0.717, 1.165) is 17.1 Å².